The molecule has 3 aromatic rings. The van der Waals surface area contributed by atoms with Crippen molar-refractivity contribution in [3.8, 4) is 11.4 Å². The molecule has 0 bridgehead atoms. The molecule has 3 N–H and O–H groups in total. The van der Waals surface area contributed by atoms with E-state index in [1.165, 1.54) is 16.6 Å². The monoisotopic (exact) mass is 282 g/mol. The Hall–Kier alpha value is -2.23. The first-order valence-corrected chi connectivity index (χ1v) is 7.63. The largest absolute Gasteiger partial charge is 0.388 e. The van der Waals surface area contributed by atoms with Crippen LogP contribution in [0.3, 0.4) is 0 Å². The molecule has 110 valence electrons. The normalized spacial score (nSPS) is 11.2. The van der Waals surface area contributed by atoms with Gasteiger partial charge in [0.1, 0.15) is 5.69 Å². The highest BCUT2D eigenvalue weighted by atomic mass is 15.1. The van der Waals surface area contributed by atoms with Gasteiger partial charge in [-0.15, -0.1) is 0 Å². The van der Waals surface area contributed by atoms with Crippen LogP contribution in [0.2, 0.25) is 0 Å². The molecule has 0 aliphatic carbocycles. The molecule has 3 rings (SSSR count). The van der Waals surface area contributed by atoms with Crippen molar-refractivity contribution in [2.75, 3.05) is 12.4 Å². The van der Waals surface area contributed by atoms with Gasteiger partial charge < -0.3 is 10.3 Å². The van der Waals surface area contributed by atoms with Crippen molar-refractivity contribution in [1.82, 2.24) is 15.2 Å². The van der Waals surface area contributed by atoms with Crippen molar-refractivity contribution in [3.05, 3.63) is 35.5 Å². The molecule has 4 heteroatoms. The van der Waals surface area contributed by atoms with E-state index in [0.717, 1.165) is 41.9 Å². The molecule has 2 heterocycles. The quantitative estimate of drug-likeness (QED) is 0.659. The summed E-state index contributed by atoms with van der Waals surface area (Å²) in [5.74, 6) is 0. The first-order valence-electron chi connectivity index (χ1n) is 7.63. The van der Waals surface area contributed by atoms with Crippen LogP contribution in [0.15, 0.2) is 24.3 Å². The van der Waals surface area contributed by atoms with Crippen molar-refractivity contribution in [2.45, 2.75) is 33.1 Å². The highest BCUT2D eigenvalue weighted by Gasteiger charge is 2.15. The predicted octanol–water partition coefficient (Wildman–Crippen LogP) is 4.11. The van der Waals surface area contributed by atoms with Crippen molar-refractivity contribution in [1.29, 1.82) is 0 Å². The Bertz CT molecular complexity index is 751. The summed E-state index contributed by atoms with van der Waals surface area (Å²) in [5, 5.41) is 12.1. The number of aromatic amines is 2. The Labute approximate surface area is 125 Å². The minimum absolute atomic E-state index is 0.993. The lowest BCUT2D eigenvalue weighted by atomic mass is 10.0. The SMILES string of the molecule is CCCc1c(-c2cc3ccc(NC)cc3[nH]2)n[nH]c1CC. The molecule has 0 fully saturated rings. The lowest BCUT2D eigenvalue weighted by Gasteiger charge is -2.01. The Kier molecular flexibility index (Phi) is 3.69. The highest BCUT2D eigenvalue weighted by molar-refractivity contribution is 5.88. The van der Waals surface area contributed by atoms with Crippen molar-refractivity contribution >= 4 is 16.6 Å². The number of hydrogen-bond acceptors (Lipinski definition) is 2. The Morgan fingerprint density at radius 2 is 2.05 bits per heavy atom. The highest BCUT2D eigenvalue weighted by Crippen LogP contribution is 2.29. The molecule has 0 spiro atoms. The average molecular weight is 282 g/mol. The van der Waals surface area contributed by atoms with Gasteiger partial charge in [-0.2, -0.15) is 5.10 Å². The number of anilines is 1. The van der Waals surface area contributed by atoms with Gasteiger partial charge in [-0.3, -0.25) is 5.10 Å². The third kappa shape index (κ3) is 2.42. The first kappa shape index (κ1) is 13.7. The zero-order valence-electron chi connectivity index (χ0n) is 12.9. The van der Waals surface area contributed by atoms with Crippen LogP contribution in [0.4, 0.5) is 5.69 Å². The number of benzene rings is 1. The maximum Gasteiger partial charge on any atom is 0.112 e. The number of H-pyrrole nitrogens is 2. The predicted molar refractivity (Wildman–Crippen MR) is 88.8 cm³/mol. The van der Waals surface area contributed by atoms with E-state index in [1.807, 2.05) is 7.05 Å². The van der Waals surface area contributed by atoms with E-state index < -0.39 is 0 Å². The second kappa shape index (κ2) is 5.64. The van der Waals surface area contributed by atoms with Gasteiger partial charge in [-0.1, -0.05) is 26.3 Å². The van der Waals surface area contributed by atoms with Gasteiger partial charge in [-0.25, -0.2) is 0 Å². The van der Waals surface area contributed by atoms with E-state index in [2.05, 4.69) is 58.6 Å². The molecule has 0 aliphatic rings. The van der Waals surface area contributed by atoms with Crippen LogP contribution in [0.25, 0.3) is 22.3 Å². The van der Waals surface area contributed by atoms with E-state index in [1.54, 1.807) is 0 Å². The first-order chi connectivity index (χ1) is 10.3. The van der Waals surface area contributed by atoms with Gasteiger partial charge in [0.25, 0.3) is 0 Å². The molecular formula is C17H22N4. The van der Waals surface area contributed by atoms with Crippen LogP contribution >= 0.6 is 0 Å². The Balaban J connectivity index is 2.09. The van der Waals surface area contributed by atoms with Crippen molar-refractivity contribution < 1.29 is 0 Å². The molecule has 0 saturated heterocycles. The Morgan fingerprint density at radius 1 is 1.19 bits per heavy atom. The minimum Gasteiger partial charge on any atom is -0.388 e. The lowest BCUT2D eigenvalue weighted by molar-refractivity contribution is 0.891. The molecule has 0 aliphatic heterocycles. The van der Waals surface area contributed by atoms with E-state index >= 15 is 0 Å². The number of rotatable bonds is 5. The van der Waals surface area contributed by atoms with Crippen molar-refractivity contribution in [2.24, 2.45) is 0 Å². The van der Waals surface area contributed by atoms with E-state index in [0.29, 0.717) is 0 Å². The molecule has 21 heavy (non-hydrogen) atoms. The molecule has 2 aromatic heterocycles. The maximum atomic E-state index is 4.54. The summed E-state index contributed by atoms with van der Waals surface area (Å²) in [6.07, 6.45) is 3.18. The average Bonchev–Trinajstić information content (AvgIpc) is 3.09. The fourth-order valence-corrected chi connectivity index (χ4v) is 2.85. The van der Waals surface area contributed by atoms with Gasteiger partial charge in [-0.05, 0) is 31.0 Å². The molecule has 0 radical (unpaired) electrons. The van der Waals surface area contributed by atoms with Crippen LogP contribution in [-0.2, 0) is 12.8 Å². The van der Waals surface area contributed by atoms with Gasteiger partial charge in [0.05, 0.1) is 5.69 Å². The number of nitrogens with one attached hydrogen (secondary N) is 3. The second-order valence-electron chi connectivity index (χ2n) is 5.37. The number of nitrogens with zero attached hydrogens (tertiary/aromatic N) is 1. The zero-order chi connectivity index (χ0) is 14.8. The minimum atomic E-state index is 0.993. The summed E-state index contributed by atoms with van der Waals surface area (Å²) in [5.41, 5.74) is 7.01. The summed E-state index contributed by atoms with van der Waals surface area (Å²) >= 11 is 0. The van der Waals surface area contributed by atoms with Crippen LogP contribution in [-0.4, -0.2) is 22.2 Å². The zero-order valence-corrected chi connectivity index (χ0v) is 12.9. The van der Waals surface area contributed by atoms with Crippen LogP contribution in [0, 0.1) is 0 Å². The fraction of sp³-hybridized carbons (Fsp3) is 0.353. The summed E-state index contributed by atoms with van der Waals surface area (Å²) in [4.78, 5) is 3.50. The maximum absolute atomic E-state index is 4.54. The van der Waals surface area contributed by atoms with E-state index in [-0.39, 0.29) is 0 Å². The van der Waals surface area contributed by atoms with Crippen LogP contribution in [0.1, 0.15) is 31.5 Å². The Morgan fingerprint density at radius 3 is 2.76 bits per heavy atom. The molecule has 0 unspecified atom stereocenters. The molecule has 0 saturated carbocycles. The summed E-state index contributed by atoms with van der Waals surface area (Å²) in [6, 6.07) is 8.54. The third-order valence-corrected chi connectivity index (χ3v) is 3.97. The summed E-state index contributed by atoms with van der Waals surface area (Å²) < 4.78 is 0. The third-order valence-electron chi connectivity index (χ3n) is 3.97. The number of aryl methyl sites for hydroxylation is 1. The van der Waals surface area contributed by atoms with Gasteiger partial charge >= 0.3 is 0 Å². The molecule has 0 amide bonds. The fourth-order valence-electron chi connectivity index (χ4n) is 2.85. The van der Waals surface area contributed by atoms with Gasteiger partial charge in [0, 0.05) is 34.9 Å². The summed E-state index contributed by atoms with van der Waals surface area (Å²) in [7, 11) is 1.94. The van der Waals surface area contributed by atoms with Crippen molar-refractivity contribution in [3.63, 3.8) is 0 Å². The van der Waals surface area contributed by atoms with E-state index in [9.17, 15) is 0 Å². The second-order valence-corrected chi connectivity index (χ2v) is 5.37. The molecule has 1 aromatic carbocycles. The lowest BCUT2D eigenvalue weighted by Crippen LogP contribution is -1.91. The van der Waals surface area contributed by atoms with Crippen LogP contribution in [0.5, 0.6) is 0 Å². The number of aromatic nitrogens is 3. The standard InChI is InChI=1S/C17H22N4/c1-4-6-13-14(5-2)20-21-17(13)16-9-11-7-8-12(18-3)10-15(11)19-16/h7-10,18-19H,4-6H2,1-3H3,(H,20,21). The molecule has 4 nitrogen and oxygen atoms in total. The van der Waals surface area contributed by atoms with Crippen LogP contribution < -0.4 is 5.32 Å². The molecular weight excluding hydrogens is 260 g/mol. The van der Waals surface area contributed by atoms with E-state index in [4.69, 9.17) is 0 Å². The smallest absolute Gasteiger partial charge is 0.112 e. The van der Waals surface area contributed by atoms with Gasteiger partial charge in [0.2, 0.25) is 0 Å². The topological polar surface area (TPSA) is 56.5 Å². The molecule has 0 atom stereocenters. The summed E-state index contributed by atoms with van der Waals surface area (Å²) in [6.45, 7) is 4.38. The number of fused-ring (bicyclic) bond motifs is 1. The van der Waals surface area contributed by atoms with Gasteiger partial charge in [0.15, 0.2) is 0 Å². The number of hydrogen-bond donors (Lipinski definition) is 3.